The monoisotopic (exact) mass is 364 g/mol. The van der Waals surface area contributed by atoms with Crippen LogP contribution in [-0.4, -0.2) is 16.8 Å². The van der Waals surface area contributed by atoms with E-state index in [-0.39, 0.29) is 11.2 Å². The van der Waals surface area contributed by atoms with Crippen LogP contribution >= 0.6 is 0 Å². The maximum absolute atomic E-state index is 12.1. The summed E-state index contributed by atoms with van der Waals surface area (Å²) in [5.41, 5.74) is 14.4. The van der Waals surface area contributed by atoms with Crippen molar-refractivity contribution in [3.05, 3.63) is 113 Å². The van der Waals surface area contributed by atoms with Crippen molar-refractivity contribution in [3.8, 4) is 0 Å². The highest BCUT2D eigenvalue weighted by Gasteiger charge is 2.54. The summed E-state index contributed by atoms with van der Waals surface area (Å²) in [4.78, 5) is 15.0. The standard InChI is InChI=1S/C25H20N2O/c26-27-18-22(28)16-17-25(21-14-8-3-9-15-21)23(19-10-4-1-5-11-19)24(25)20-12-6-2-7-13-20/h1-15,18H,16-17H2. The van der Waals surface area contributed by atoms with Crippen molar-refractivity contribution >= 4 is 23.1 Å². The minimum absolute atomic E-state index is 0.176. The first-order valence-corrected chi connectivity index (χ1v) is 9.39. The zero-order chi connectivity index (χ0) is 19.4. The van der Waals surface area contributed by atoms with E-state index in [2.05, 4.69) is 41.2 Å². The lowest BCUT2D eigenvalue weighted by Crippen LogP contribution is -2.16. The third-order valence-electron chi connectivity index (χ3n) is 5.38. The molecule has 0 amide bonds. The van der Waals surface area contributed by atoms with Crippen molar-refractivity contribution in [1.82, 2.24) is 0 Å². The van der Waals surface area contributed by atoms with Gasteiger partial charge in [-0.15, -0.1) is 0 Å². The van der Waals surface area contributed by atoms with Crippen molar-refractivity contribution in [2.24, 2.45) is 0 Å². The molecule has 0 aliphatic heterocycles. The summed E-state index contributed by atoms with van der Waals surface area (Å²) in [7, 11) is 0. The zero-order valence-corrected chi connectivity index (χ0v) is 15.5. The van der Waals surface area contributed by atoms with Gasteiger partial charge in [0.1, 0.15) is 0 Å². The Balaban J connectivity index is 1.84. The largest absolute Gasteiger partial charge is 0.361 e. The summed E-state index contributed by atoms with van der Waals surface area (Å²) in [6.45, 7) is 0. The molecule has 0 atom stereocenters. The molecule has 1 aliphatic rings. The van der Waals surface area contributed by atoms with Crippen LogP contribution in [0.5, 0.6) is 0 Å². The lowest BCUT2D eigenvalue weighted by atomic mass is 9.80. The Hall–Kier alpha value is -3.55. The molecule has 1 aliphatic carbocycles. The number of benzene rings is 3. The van der Waals surface area contributed by atoms with Gasteiger partial charge in [-0.25, -0.2) is 0 Å². The smallest absolute Gasteiger partial charge is 0.323 e. The highest BCUT2D eigenvalue weighted by Crippen LogP contribution is 2.66. The molecule has 0 saturated carbocycles. The minimum atomic E-state index is -0.317. The molecule has 136 valence electrons. The van der Waals surface area contributed by atoms with Crippen molar-refractivity contribution < 1.29 is 9.58 Å². The molecule has 0 N–H and O–H groups in total. The Kier molecular flexibility index (Phi) is 4.84. The molecule has 0 fully saturated rings. The second-order valence-electron chi connectivity index (χ2n) is 6.96. The van der Waals surface area contributed by atoms with Crippen LogP contribution in [0, 0.1) is 0 Å². The third-order valence-corrected chi connectivity index (χ3v) is 5.38. The lowest BCUT2D eigenvalue weighted by molar-refractivity contribution is -0.116. The number of Topliss-reactive ketones (excluding diaryl/α,β-unsaturated/α-hetero) is 1. The fraction of sp³-hybridized carbons (Fsp3) is 0.120. The molecule has 3 nitrogen and oxygen atoms in total. The molecule has 0 radical (unpaired) electrons. The average Bonchev–Trinajstić information content (AvgIpc) is 3.44. The molecule has 3 aromatic carbocycles. The first kappa shape index (κ1) is 17.8. The van der Waals surface area contributed by atoms with Crippen molar-refractivity contribution in [2.75, 3.05) is 0 Å². The second kappa shape index (κ2) is 7.59. The summed E-state index contributed by atoms with van der Waals surface area (Å²) in [5.74, 6) is -0.176. The number of carbonyl (C=O) groups excluding carboxylic acids is 1. The molecule has 4 rings (SSSR count). The quantitative estimate of drug-likeness (QED) is 0.323. The highest BCUT2D eigenvalue weighted by atomic mass is 16.1. The topological polar surface area (TPSA) is 53.5 Å². The molecular weight excluding hydrogens is 344 g/mol. The van der Waals surface area contributed by atoms with Gasteiger partial charge in [-0.05, 0) is 34.3 Å². The van der Waals surface area contributed by atoms with Crippen LogP contribution < -0.4 is 0 Å². The summed E-state index contributed by atoms with van der Waals surface area (Å²) in [6.07, 6.45) is 1.94. The lowest BCUT2D eigenvalue weighted by Gasteiger charge is -2.21. The number of hydrogen-bond donors (Lipinski definition) is 0. The molecule has 0 aromatic heterocycles. The van der Waals surface area contributed by atoms with Crippen LogP contribution in [0.1, 0.15) is 29.5 Å². The summed E-state index contributed by atoms with van der Waals surface area (Å²) < 4.78 is 0. The maximum Gasteiger partial charge on any atom is 0.323 e. The van der Waals surface area contributed by atoms with Crippen molar-refractivity contribution in [2.45, 2.75) is 18.3 Å². The number of hydrogen-bond acceptors (Lipinski definition) is 1. The minimum Gasteiger partial charge on any atom is -0.361 e. The molecule has 3 aromatic rings. The molecular formula is C25H20N2O. The number of rotatable bonds is 7. The maximum atomic E-state index is 12.1. The summed E-state index contributed by atoms with van der Waals surface area (Å²) >= 11 is 0. The van der Waals surface area contributed by atoms with E-state index in [9.17, 15) is 4.79 Å². The fourth-order valence-electron chi connectivity index (χ4n) is 4.16. The van der Waals surface area contributed by atoms with Gasteiger partial charge in [-0.2, -0.15) is 4.79 Å². The van der Waals surface area contributed by atoms with E-state index in [1.165, 1.54) is 27.8 Å². The number of carbonyl (C=O) groups is 1. The van der Waals surface area contributed by atoms with Gasteiger partial charge >= 0.3 is 6.21 Å². The van der Waals surface area contributed by atoms with Crippen molar-refractivity contribution in [1.29, 1.82) is 0 Å². The molecule has 0 heterocycles. The fourth-order valence-corrected chi connectivity index (χ4v) is 4.16. The van der Waals surface area contributed by atoms with Gasteiger partial charge in [0.15, 0.2) is 0 Å². The van der Waals surface area contributed by atoms with E-state index in [1.807, 2.05) is 54.6 Å². The highest BCUT2D eigenvalue weighted by molar-refractivity contribution is 6.26. The van der Waals surface area contributed by atoms with Crippen LogP contribution in [0.2, 0.25) is 0 Å². The van der Waals surface area contributed by atoms with E-state index in [1.54, 1.807) is 0 Å². The summed E-state index contributed by atoms with van der Waals surface area (Å²) in [5, 5.41) is 0. The van der Waals surface area contributed by atoms with Gasteiger partial charge in [-0.3, -0.25) is 4.79 Å². The molecule has 0 spiro atoms. The molecule has 0 saturated heterocycles. The Bertz CT molecular complexity index is 1010. The first-order valence-electron chi connectivity index (χ1n) is 9.39. The van der Waals surface area contributed by atoms with Gasteiger partial charge in [0.05, 0.1) is 0 Å². The van der Waals surface area contributed by atoms with Crippen LogP contribution in [0.4, 0.5) is 0 Å². The molecule has 0 unspecified atom stereocenters. The number of allylic oxidation sites excluding steroid dienone is 2. The number of ketones is 1. The SMILES string of the molecule is [N-]=[N+]=CC(=O)CCC1(c2ccccc2)C(c2ccccc2)=C1c1ccccc1. The van der Waals surface area contributed by atoms with Gasteiger partial charge in [0, 0.05) is 11.8 Å². The Labute approximate surface area is 164 Å². The predicted octanol–water partition coefficient (Wildman–Crippen LogP) is 5.20. The van der Waals surface area contributed by atoms with Crippen LogP contribution in [0.25, 0.3) is 16.7 Å². The third kappa shape index (κ3) is 3.13. The predicted molar refractivity (Wildman–Crippen MR) is 112 cm³/mol. The molecule has 3 heteroatoms. The van der Waals surface area contributed by atoms with Crippen molar-refractivity contribution in [3.63, 3.8) is 0 Å². The van der Waals surface area contributed by atoms with Crippen LogP contribution in [0.3, 0.4) is 0 Å². The van der Waals surface area contributed by atoms with Crippen LogP contribution in [0.15, 0.2) is 91.0 Å². The first-order chi connectivity index (χ1) is 13.8. The van der Waals surface area contributed by atoms with Crippen LogP contribution in [-0.2, 0) is 10.2 Å². The second-order valence-corrected chi connectivity index (χ2v) is 6.96. The zero-order valence-electron chi connectivity index (χ0n) is 15.5. The van der Waals surface area contributed by atoms with Gasteiger partial charge < -0.3 is 5.53 Å². The molecule has 28 heavy (non-hydrogen) atoms. The van der Waals surface area contributed by atoms with Gasteiger partial charge in [-0.1, -0.05) is 91.0 Å². The normalized spacial score (nSPS) is 14.3. The van der Waals surface area contributed by atoms with E-state index >= 15 is 0 Å². The molecule has 0 bridgehead atoms. The number of nitrogens with zero attached hydrogens (tertiary/aromatic N) is 2. The Morgan fingerprint density at radius 3 is 1.71 bits per heavy atom. The van der Waals surface area contributed by atoms with E-state index in [0.717, 1.165) is 6.21 Å². The van der Waals surface area contributed by atoms with E-state index in [4.69, 9.17) is 5.53 Å². The summed E-state index contributed by atoms with van der Waals surface area (Å²) in [6, 6.07) is 31.0. The average molecular weight is 364 g/mol. The van der Waals surface area contributed by atoms with Gasteiger partial charge in [0.25, 0.3) is 0 Å². The van der Waals surface area contributed by atoms with E-state index in [0.29, 0.717) is 12.8 Å². The van der Waals surface area contributed by atoms with Gasteiger partial charge in [0.2, 0.25) is 5.78 Å². The Morgan fingerprint density at radius 1 is 0.786 bits per heavy atom. The van der Waals surface area contributed by atoms with E-state index < -0.39 is 0 Å². The Morgan fingerprint density at radius 2 is 1.25 bits per heavy atom.